The molecule has 1 aliphatic rings. The number of aromatic nitrogens is 3. The highest BCUT2D eigenvalue weighted by molar-refractivity contribution is 5.59. The molecule has 0 aliphatic heterocycles. The van der Waals surface area contributed by atoms with Gasteiger partial charge in [0.15, 0.2) is 5.82 Å². The van der Waals surface area contributed by atoms with Gasteiger partial charge in [-0.3, -0.25) is 0 Å². The summed E-state index contributed by atoms with van der Waals surface area (Å²) in [6, 6.07) is 9.14. The fourth-order valence-electron chi connectivity index (χ4n) is 2.74. The zero-order valence-electron chi connectivity index (χ0n) is 11.3. The number of hydrogen-bond acceptors (Lipinski definition) is 3. The third-order valence-electron chi connectivity index (χ3n) is 3.83. The van der Waals surface area contributed by atoms with Gasteiger partial charge in [0, 0.05) is 24.3 Å². The van der Waals surface area contributed by atoms with E-state index in [1.165, 1.54) is 37.8 Å². The van der Waals surface area contributed by atoms with E-state index in [1.807, 2.05) is 11.6 Å². The van der Waals surface area contributed by atoms with E-state index in [4.69, 9.17) is 0 Å². The van der Waals surface area contributed by atoms with Crippen LogP contribution in [0.2, 0.25) is 0 Å². The van der Waals surface area contributed by atoms with Crippen molar-refractivity contribution in [3.63, 3.8) is 0 Å². The molecule has 0 radical (unpaired) electrons. The van der Waals surface area contributed by atoms with Crippen molar-refractivity contribution in [3.05, 3.63) is 30.6 Å². The molecule has 0 saturated heterocycles. The molecule has 0 amide bonds. The Hall–Kier alpha value is -1.84. The topological polar surface area (TPSA) is 42.7 Å². The SMILES string of the molecule is Cn1cnnc1-c1ccc(NC2CCCCC2)cc1. The van der Waals surface area contributed by atoms with Gasteiger partial charge < -0.3 is 9.88 Å². The number of nitrogens with one attached hydrogen (secondary N) is 1. The summed E-state index contributed by atoms with van der Waals surface area (Å²) < 4.78 is 1.93. The molecule has 0 spiro atoms. The monoisotopic (exact) mass is 256 g/mol. The predicted octanol–water partition coefficient (Wildman–Crippen LogP) is 3.23. The summed E-state index contributed by atoms with van der Waals surface area (Å²) in [6.07, 6.45) is 8.42. The molecule has 1 aliphatic carbocycles. The number of benzene rings is 1. The van der Waals surface area contributed by atoms with Crippen molar-refractivity contribution in [2.24, 2.45) is 7.05 Å². The largest absolute Gasteiger partial charge is 0.382 e. The number of aryl methyl sites for hydroxylation is 1. The summed E-state index contributed by atoms with van der Waals surface area (Å²) in [4.78, 5) is 0. The number of hydrogen-bond donors (Lipinski definition) is 1. The Morgan fingerprint density at radius 1 is 1.11 bits per heavy atom. The van der Waals surface area contributed by atoms with Gasteiger partial charge in [0.1, 0.15) is 6.33 Å². The van der Waals surface area contributed by atoms with E-state index in [2.05, 4.69) is 39.8 Å². The summed E-state index contributed by atoms with van der Waals surface area (Å²) in [5, 5.41) is 11.7. The third-order valence-corrected chi connectivity index (χ3v) is 3.83. The van der Waals surface area contributed by atoms with Crippen LogP contribution in [0.4, 0.5) is 5.69 Å². The molecule has 1 fully saturated rings. The van der Waals surface area contributed by atoms with Crippen LogP contribution < -0.4 is 5.32 Å². The zero-order chi connectivity index (χ0) is 13.1. The Morgan fingerprint density at radius 3 is 2.47 bits per heavy atom. The van der Waals surface area contributed by atoms with Crippen LogP contribution in [0.25, 0.3) is 11.4 Å². The molecular formula is C15H20N4. The van der Waals surface area contributed by atoms with Crippen molar-refractivity contribution in [2.45, 2.75) is 38.1 Å². The minimum atomic E-state index is 0.648. The highest BCUT2D eigenvalue weighted by atomic mass is 15.2. The van der Waals surface area contributed by atoms with Crippen LogP contribution in [0.15, 0.2) is 30.6 Å². The van der Waals surface area contributed by atoms with Crippen molar-refractivity contribution in [2.75, 3.05) is 5.32 Å². The number of rotatable bonds is 3. The van der Waals surface area contributed by atoms with Crippen molar-refractivity contribution < 1.29 is 0 Å². The second kappa shape index (κ2) is 5.43. The van der Waals surface area contributed by atoms with Crippen molar-refractivity contribution in [1.82, 2.24) is 14.8 Å². The maximum atomic E-state index is 4.12. The van der Waals surface area contributed by atoms with Crippen LogP contribution in [0.3, 0.4) is 0 Å². The highest BCUT2D eigenvalue weighted by Crippen LogP contribution is 2.23. The van der Waals surface area contributed by atoms with Crippen molar-refractivity contribution >= 4 is 5.69 Å². The molecule has 2 aromatic rings. The average Bonchev–Trinajstić information content (AvgIpc) is 2.87. The maximum Gasteiger partial charge on any atom is 0.163 e. The van der Waals surface area contributed by atoms with E-state index in [0.717, 1.165) is 11.4 Å². The van der Waals surface area contributed by atoms with E-state index < -0.39 is 0 Å². The first-order valence-electron chi connectivity index (χ1n) is 7.04. The molecule has 1 N–H and O–H groups in total. The summed E-state index contributed by atoms with van der Waals surface area (Å²) in [5.74, 6) is 0.907. The summed E-state index contributed by atoms with van der Waals surface area (Å²) in [5.41, 5.74) is 2.31. The van der Waals surface area contributed by atoms with E-state index in [1.54, 1.807) is 6.33 Å². The van der Waals surface area contributed by atoms with E-state index in [0.29, 0.717) is 6.04 Å². The molecule has 1 heterocycles. The zero-order valence-corrected chi connectivity index (χ0v) is 11.3. The van der Waals surface area contributed by atoms with Gasteiger partial charge in [0.25, 0.3) is 0 Å². The standard InChI is InChI=1S/C15H20N4/c1-19-11-16-18-15(19)12-7-9-14(10-8-12)17-13-5-3-2-4-6-13/h7-11,13,17H,2-6H2,1H3. The minimum absolute atomic E-state index is 0.648. The van der Waals surface area contributed by atoms with Crippen LogP contribution in [-0.2, 0) is 7.05 Å². The van der Waals surface area contributed by atoms with E-state index >= 15 is 0 Å². The Balaban J connectivity index is 1.70. The van der Waals surface area contributed by atoms with Crippen LogP contribution in [0, 0.1) is 0 Å². The molecule has 0 atom stereocenters. The lowest BCUT2D eigenvalue weighted by molar-refractivity contribution is 0.463. The molecule has 0 bridgehead atoms. The Morgan fingerprint density at radius 2 is 1.84 bits per heavy atom. The fraction of sp³-hybridized carbons (Fsp3) is 0.467. The Kier molecular flexibility index (Phi) is 3.49. The van der Waals surface area contributed by atoms with Crippen LogP contribution in [0.5, 0.6) is 0 Å². The molecule has 4 nitrogen and oxygen atoms in total. The van der Waals surface area contributed by atoms with Crippen molar-refractivity contribution in [3.8, 4) is 11.4 Å². The second-order valence-electron chi connectivity index (χ2n) is 5.32. The Bertz CT molecular complexity index is 523. The van der Waals surface area contributed by atoms with E-state index in [9.17, 15) is 0 Å². The minimum Gasteiger partial charge on any atom is -0.382 e. The molecule has 100 valence electrons. The maximum absolute atomic E-state index is 4.12. The summed E-state index contributed by atoms with van der Waals surface area (Å²) in [6.45, 7) is 0. The number of nitrogens with zero attached hydrogens (tertiary/aromatic N) is 3. The molecule has 1 saturated carbocycles. The van der Waals surface area contributed by atoms with Gasteiger partial charge in [-0.15, -0.1) is 10.2 Å². The summed E-state index contributed by atoms with van der Waals surface area (Å²) >= 11 is 0. The molecule has 1 aromatic carbocycles. The lowest BCUT2D eigenvalue weighted by atomic mass is 9.95. The lowest BCUT2D eigenvalue weighted by Gasteiger charge is -2.23. The normalized spacial score (nSPS) is 16.5. The fourth-order valence-corrected chi connectivity index (χ4v) is 2.74. The Labute approximate surface area is 113 Å². The van der Waals surface area contributed by atoms with Gasteiger partial charge in [-0.2, -0.15) is 0 Å². The smallest absolute Gasteiger partial charge is 0.163 e. The van der Waals surface area contributed by atoms with Crippen LogP contribution in [0.1, 0.15) is 32.1 Å². The number of anilines is 1. The summed E-state index contributed by atoms with van der Waals surface area (Å²) in [7, 11) is 1.96. The first kappa shape index (κ1) is 12.2. The third kappa shape index (κ3) is 2.78. The molecule has 19 heavy (non-hydrogen) atoms. The molecular weight excluding hydrogens is 236 g/mol. The first-order chi connectivity index (χ1) is 9.33. The second-order valence-corrected chi connectivity index (χ2v) is 5.32. The van der Waals surface area contributed by atoms with E-state index in [-0.39, 0.29) is 0 Å². The molecule has 4 heteroatoms. The van der Waals surface area contributed by atoms with Gasteiger partial charge in [-0.25, -0.2) is 0 Å². The van der Waals surface area contributed by atoms with Gasteiger partial charge >= 0.3 is 0 Å². The van der Waals surface area contributed by atoms with Gasteiger partial charge in [0.2, 0.25) is 0 Å². The molecule has 1 aromatic heterocycles. The molecule has 3 rings (SSSR count). The molecule has 0 unspecified atom stereocenters. The average molecular weight is 256 g/mol. The quantitative estimate of drug-likeness (QED) is 0.916. The van der Waals surface area contributed by atoms with Gasteiger partial charge in [0.05, 0.1) is 0 Å². The van der Waals surface area contributed by atoms with Crippen LogP contribution in [-0.4, -0.2) is 20.8 Å². The predicted molar refractivity (Wildman–Crippen MR) is 76.9 cm³/mol. The van der Waals surface area contributed by atoms with Crippen LogP contribution >= 0.6 is 0 Å². The lowest BCUT2D eigenvalue weighted by Crippen LogP contribution is -2.22. The van der Waals surface area contributed by atoms with Gasteiger partial charge in [-0.05, 0) is 37.1 Å². The highest BCUT2D eigenvalue weighted by Gasteiger charge is 2.13. The van der Waals surface area contributed by atoms with Crippen molar-refractivity contribution in [1.29, 1.82) is 0 Å². The van der Waals surface area contributed by atoms with Gasteiger partial charge in [-0.1, -0.05) is 19.3 Å². The first-order valence-corrected chi connectivity index (χ1v) is 7.04.